The van der Waals surface area contributed by atoms with E-state index in [1.165, 1.54) is 0 Å². The summed E-state index contributed by atoms with van der Waals surface area (Å²) in [6.45, 7) is 3.54. The van der Waals surface area contributed by atoms with E-state index in [0.29, 0.717) is 26.2 Å². The predicted octanol–water partition coefficient (Wildman–Crippen LogP) is 1.51. The number of rotatable bonds is 6. The van der Waals surface area contributed by atoms with E-state index in [2.05, 4.69) is 5.32 Å². The number of hydrogen-bond acceptors (Lipinski definition) is 5. The maximum Gasteiger partial charge on any atom is 0.123 e. The van der Waals surface area contributed by atoms with Crippen molar-refractivity contribution >= 4 is 0 Å². The Hall–Kier alpha value is -1.30. The second-order valence-corrected chi connectivity index (χ2v) is 5.24. The second kappa shape index (κ2) is 6.43. The zero-order chi connectivity index (χ0) is 14.6. The van der Waals surface area contributed by atoms with E-state index in [4.69, 9.17) is 14.2 Å². The molecular formula is C15H23NO4. The van der Waals surface area contributed by atoms with E-state index in [1.807, 2.05) is 25.1 Å². The molecule has 1 saturated heterocycles. The summed E-state index contributed by atoms with van der Waals surface area (Å²) in [5.74, 6) is 1.60. The third kappa shape index (κ3) is 3.42. The maximum atomic E-state index is 10.3. The first-order valence-electron chi connectivity index (χ1n) is 6.83. The number of benzene rings is 1. The van der Waals surface area contributed by atoms with Crippen molar-refractivity contribution in [1.82, 2.24) is 5.32 Å². The molecule has 1 aromatic rings. The van der Waals surface area contributed by atoms with Gasteiger partial charge in [-0.25, -0.2) is 0 Å². The molecule has 0 radical (unpaired) electrons. The van der Waals surface area contributed by atoms with Crippen LogP contribution in [0.5, 0.6) is 11.5 Å². The topological polar surface area (TPSA) is 60.0 Å². The summed E-state index contributed by atoms with van der Waals surface area (Å²) in [6, 6.07) is 5.75. The van der Waals surface area contributed by atoms with Crippen molar-refractivity contribution < 1.29 is 19.3 Å². The minimum absolute atomic E-state index is 0.0460. The van der Waals surface area contributed by atoms with E-state index in [9.17, 15) is 5.11 Å². The van der Waals surface area contributed by atoms with Crippen molar-refractivity contribution in [3.8, 4) is 11.5 Å². The molecule has 2 N–H and O–H groups in total. The second-order valence-electron chi connectivity index (χ2n) is 5.24. The van der Waals surface area contributed by atoms with Gasteiger partial charge < -0.3 is 24.6 Å². The van der Waals surface area contributed by atoms with Gasteiger partial charge >= 0.3 is 0 Å². The normalized spacial score (nSPS) is 23.6. The molecule has 1 aliphatic rings. The lowest BCUT2D eigenvalue weighted by atomic mass is 10.0. The molecule has 112 valence electrons. The molecule has 0 saturated carbocycles. The van der Waals surface area contributed by atoms with Crippen molar-refractivity contribution in [2.75, 3.05) is 34.0 Å². The SMILES string of the molecule is COc1ccc(OC)c(C(C)NCC2(O)CCOC2)c1. The van der Waals surface area contributed by atoms with Crippen LogP contribution in [-0.2, 0) is 4.74 Å². The van der Waals surface area contributed by atoms with Gasteiger partial charge in [0, 0.05) is 31.2 Å². The smallest absolute Gasteiger partial charge is 0.123 e. The quantitative estimate of drug-likeness (QED) is 0.827. The van der Waals surface area contributed by atoms with Crippen LogP contribution in [0.2, 0.25) is 0 Å². The molecular weight excluding hydrogens is 258 g/mol. The summed E-state index contributed by atoms with van der Waals surface area (Å²) in [6.07, 6.45) is 0.669. The zero-order valence-electron chi connectivity index (χ0n) is 12.3. The molecule has 1 heterocycles. The van der Waals surface area contributed by atoms with E-state index in [0.717, 1.165) is 17.1 Å². The lowest BCUT2D eigenvalue weighted by molar-refractivity contribution is 0.0251. The summed E-state index contributed by atoms with van der Waals surface area (Å²) in [5.41, 5.74) is 0.245. The van der Waals surface area contributed by atoms with Crippen LogP contribution in [0.1, 0.15) is 24.9 Å². The van der Waals surface area contributed by atoms with Crippen LogP contribution < -0.4 is 14.8 Å². The molecule has 1 fully saturated rings. The third-order valence-electron chi connectivity index (χ3n) is 3.72. The summed E-state index contributed by atoms with van der Waals surface area (Å²) >= 11 is 0. The molecule has 5 heteroatoms. The van der Waals surface area contributed by atoms with Crippen molar-refractivity contribution in [2.45, 2.75) is 25.0 Å². The summed E-state index contributed by atoms with van der Waals surface area (Å²) in [7, 11) is 3.29. The van der Waals surface area contributed by atoms with E-state index in [-0.39, 0.29) is 6.04 Å². The Balaban J connectivity index is 2.05. The zero-order valence-corrected chi connectivity index (χ0v) is 12.3. The number of methoxy groups -OCH3 is 2. The van der Waals surface area contributed by atoms with Crippen molar-refractivity contribution in [3.05, 3.63) is 23.8 Å². The monoisotopic (exact) mass is 281 g/mol. The average molecular weight is 281 g/mol. The van der Waals surface area contributed by atoms with Crippen molar-refractivity contribution in [2.24, 2.45) is 0 Å². The highest BCUT2D eigenvalue weighted by molar-refractivity contribution is 5.42. The lowest BCUT2D eigenvalue weighted by Gasteiger charge is -2.25. The number of nitrogens with one attached hydrogen (secondary N) is 1. The van der Waals surface area contributed by atoms with Gasteiger partial charge in [-0.15, -0.1) is 0 Å². The number of hydrogen-bond donors (Lipinski definition) is 2. The maximum absolute atomic E-state index is 10.3. The van der Waals surface area contributed by atoms with Crippen LogP contribution in [-0.4, -0.2) is 44.7 Å². The molecule has 0 amide bonds. The Morgan fingerprint density at radius 3 is 2.80 bits per heavy atom. The summed E-state index contributed by atoms with van der Waals surface area (Å²) < 4.78 is 15.9. The Labute approximate surface area is 119 Å². The van der Waals surface area contributed by atoms with E-state index >= 15 is 0 Å². The fraction of sp³-hybridized carbons (Fsp3) is 0.600. The molecule has 0 spiro atoms. The fourth-order valence-electron chi connectivity index (χ4n) is 2.37. The summed E-state index contributed by atoms with van der Waals surface area (Å²) in [5, 5.41) is 13.6. The molecule has 2 unspecified atom stereocenters. The highest BCUT2D eigenvalue weighted by Gasteiger charge is 2.32. The third-order valence-corrected chi connectivity index (χ3v) is 3.72. The van der Waals surface area contributed by atoms with Crippen molar-refractivity contribution in [1.29, 1.82) is 0 Å². The number of aliphatic hydroxyl groups is 1. The highest BCUT2D eigenvalue weighted by atomic mass is 16.5. The molecule has 0 aliphatic carbocycles. The molecule has 5 nitrogen and oxygen atoms in total. The van der Waals surface area contributed by atoms with Gasteiger partial charge in [-0.1, -0.05) is 0 Å². The van der Waals surface area contributed by atoms with Crippen molar-refractivity contribution in [3.63, 3.8) is 0 Å². The van der Waals surface area contributed by atoms with E-state index in [1.54, 1.807) is 14.2 Å². The van der Waals surface area contributed by atoms with Gasteiger partial charge in [0.15, 0.2) is 0 Å². The molecule has 0 aromatic heterocycles. The van der Waals surface area contributed by atoms with Crippen LogP contribution in [0.25, 0.3) is 0 Å². The first-order valence-corrected chi connectivity index (χ1v) is 6.83. The van der Waals surface area contributed by atoms with Gasteiger partial charge in [-0.05, 0) is 25.1 Å². The Bertz CT molecular complexity index is 443. The number of ether oxygens (including phenoxy) is 3. The van der Waals surface area contributed by atoms with Gasteiger partial charge in [-0.2, -0.15) is 0 Å². The molecule has 1 aromatic carbocycles. The van der Waals surface area contributed by atoms with Crippen LogP contribution in [0, 0.1) is 0 Å². The molecule has 2 rings (SSSR count). The molecule has 20 heavy (non-hydrogen) atoms. The standard InChI is InChI=1S/C15H23NO4/c1-11(16-9-15(17)6-7-20-10-15)13-8-12(18-2)4-5-14(13)19-3/h4-5,8,11,16-17H,6-7,9-10H2,1-3H3. The first kappa shape index (κ1) is 15.1. The van der Waals surface area contributed by atoms with Crippen LogP contribution >= 0.6 is 0 Å². The highest BCUT2D eigenvalue weighted by Crippen LogP contribution is 2.29. The Kier molecular flexibility index (Phi) is 4.86. The fourth-order valence-corrected chi connectivity index (χ4v) is 2.37. The Morgan fingerprint density at radius 1 is 1.40 bits per heavy atom. The van der Waals surface area contributed by atoms with Crippen LogP contribution in [0.4, 0.5) is 0 Å². The van der Waals surface area contributed by atoms with Crippen LogP contribution in [0.3, 0.4) is 0 Å². The largest absolute Gasteiger partial charge is 0.497 e. The van der Waals surface area contributed by atoms with Crippen LogP contribution in [0.15, 0.2) is 18.2 Å². The van der Waals surface area contributed by atoms with Gasteiger partial charge in [0.2, 0.25) is 0 Å². The van der Waals surface area contributed by atoms with Gasteiger partial charge in [-0.3, -0.25) is 0 Å². The average Bonchev–Trinajstić information content (AvgIpc) is 2.91. The van der Waals surface area contributed by atoms with Gasteiger partial charge in [0.25, 0.3) is 0 Å². The summed E-state index contributed by atoms with van der Waals surface area (Å²) in [4.78, 5) is 0. The first-order chi connectivity index (χ1) is 9.58. The molecule has 2 atom stereocenters. The van der Waals surface area contributed by atoms with E-state index < -0.39 is 5.60 Å². The molecule has 0 bridgehead atoms. The minimum Gasteiger partial charge on any atom is -0.497 e. The lowest BCUT2D eigenvalue weighted by Crippen LogP contribution is -2.41. The van der Waals surface area contributed by atoms with Gasteiger partial charge in [0.05, 0.1) is 20.8 Å². The molecule has 1 aliphatic heterocycles. The predicted molar refractivity (Wildman–Crippen MR) is 76.3 cm³/mol. The van der Waals surface area contributed by atoms with Gasteiger partial charge in [0.1, 0.15) is 17.1 Å². The Morgan fingerprint density at radius 2 is 2.20 bits per heavy atom. The minimum atomic E-state index is -0.764.